The number of aryl methyl sites for hydroxylation is 1. The fourth-order valence-corrected chi connectivity index (χ4v) is 4.67. The minimum Gasteiger partial charge on any atom is -0.423 e. The summed E-state index contributed by atoms with van der Waals surface area (Å²) in [5.74, 6) is -0.475. The van der Waals surface area contributed by atoms with Crippen LogP contribution in [0.2, 0.25) is 15.1 Å². The van der Waals surface area contributed by atoms with E-state index < -0.39 is 25.8 Å². The van der Waals surface area contributed by atoms with Crippen LogP contribution in [0, 0.1) is 0 Å². The van der Waals surface area contributed by atoms with Crippen molar-refractivity contribution < 1.29 is 32.9 Å². The van der Waals surface area contributed by atoms with Gasteiger partial charge in [0.1, 0.15) is 5.69 Å². The first-order chi connectivity index (χ1) is 18.4. The number of benzene rings is 1. The first kappa shape index (κ1) is 29.0. The Balaban J connectivity index is 1.63. The number of fused-ring (bicyclic) bond motifs is 1. The van der Waals surface area contributed by atoms with Crippen molar-refractivity contribution in [3.8, 4) is 0 Å². The van der Waals surface area contributed by atoms with Crippen LogP contribution in [0.4, 0.5) is 13.2 Å². The molecule has 0 bridgehead atoms. The van der Waals surface area contributed by atoms with Crippen LogP contribution in [0.15, 0.2) is 70.6 Å². The van der Waals surface area contributed by atoms with Gasteiger partial charge in [0, 0.05) is 17.5 Å². The maximum absolute atomic E-state index is 13.0. The number of carbonyl (C=O) groups is 1. The van der Waals surface area contributed by atoms with Crippen LogP contribution < -0.4 is 5.32 Å². The highest BCUT2D eigenvalue weighted by Gasteiger charge is 2.29. The molecule has 1 amide bonds. The largest absolute Gasteiger partial charge is 0.488 e. The highest BCUT2D eigenvalue weighted by Crippen LogP contribution is 2.32. The number of nitrogens with zero attached hydrogens (tertiary/aromatic N) is 2. The van der Waals surface area contributed by atoms with E-state index in [1.54, 1.807) is 47.9 Å². The van der Waals surface area contributed by atoms with Crippen LogP contribution in [0.25, 0.3) is 5.52 Å². The second kappa shape index (κ2) is 11.7. The summed E-state index contributed by atoms with van der Waals surface area (Å²) in [4.78, 5) is 17.6. The lowest BCUT2D eigenvalue weighted by Crippen LogP contribution is -2.32. The first-order valence-corrected chi connectivity index (χ1v) is 12.6. The van der Waals surface area contributed by atoms with Crippen molar-refractivity contribution in [1.82, 2.24) is 9.72 Å². The Hall–Kier alpha value is -2.96. The summed E-state index contributed by atoms with van der Waals surface area (Å²) in [6.07, 6.45) is -1.04. The van der Waals surface area contributed by atoms with Crippen molar-refractivity contribution in [2.75, 3.05) is 6.61 Å². The van der Waals surface area contributed by atoms with E-state index in [9.17, 15) is 28.0 Å². The van der Waals surface area contributed by atoms with Gasteiger partial charge in [-0.2, -0.15) is 13.2 Å². The molecule has 39 heavy (non-hydrogen) atoms. The molecule has 0 unspecified atom stereocenters. The Morgan fingerprint density at radius 2 is 1.85 bits per heavy atom. The van der Waals surface area contributed by atoms with Gasteiger partial charge >= 0.3 is 13.3 Å². The number of halogens is 6. The molecule has 0 fully saturated rings. The molecule has 2 aromatic heterocycles. The predicted molar refractivity (Wildman–Crippen MR) is 144 cm³/mol. The van der Waals surface area contributed by atoms with Crippen molar-refractivity contribution >= 4 is 59.1 Å². The molecule has 0 atom stereocenters. The number of oxime groups is 1. The van der Waals surface area contributed by atoms with E-state index in [-0.39, 0.29) is 32.9 Å². The molecule has 1 aromatic carbocycles. The number of alkyl halides is 3. The molecule has 0 spiro atoms. The van der Waals surface area contributed by atoms with Crippen LogP contribution in [0.3, 0.4) is 0 Å². The van der Waals surface area contributed by atoms with E-state index in [4.69, 9.17) is 34.8 Å². The fraction of sp³-hybridized carbons (Fsp3) is 0.200. The molecule has 0 aliphatic heterocycles. The lowest BCUT2D eigenvalue weighted by Gasteiger charge is -2.22. The Morgan fingerprint density at radius 3 is 2.46 bits per heavy atom. The molecule has 204 valence electrons. The summed E-state index contributed by atoms with van der Waals surface area (Å²) in [5.41, 5.74) is 3.36. The average molecular weight is 601 g/mol. The van der Waals surface area contributed by atoms with Gasteiger partial charge in [0.2, 0.25) is 6.61 Å². The van der Waals surface area contributed by atoms with Gasteiger partial charge in [0.25, 0.3) is 5.91 Å². The number of carbonyl (C=O) groups excluding carboxylic acids is 1. The number of allylic oxidation sites excluding steroid dienone is 3. The zero-order chi connectivity index (χ0) is 28.5. The number of pyridine rings is 1. The molecule has 3 aromatic rings. The Labute approximate surface area is 236 Å². The average Bonchev–Trinajstić information content (AvgIpc) is 3.35. The lowest BCUT2D eigenvalue weighted by atomic mass is 9.70. The van der Waals surface area contributed by atoms with Gasteiger partial charge < -0.3 is 24.6 Å². The van der Waals surface area contributed by atoms with Crippen molar-refractivity contribution in [1.29, 1.82) is 0 Å². The first-order valence-electron chi connectivity index (χ1n) is 11.5. The zero-order valence-corrected chi connectivity index (χ0v) is 22.5. The normalized spacial score (nSPS) is 13.9. The van der Waals surface area contributed by atoms with Crippen LogP contribution in [0.1, 0.15) is 35.0 Å². The molecular weight excluding hydrogens is 580 g/mol. The number of aromatic nitrogens is 1. The number of amides is 1. The number of nitrogens with one attached hydrogen (secondary N) is 1. The van der Waals surface area contributed by atoms with Crippen molar-refractivity contribution in [2.24, 2.45) is 5.16 Å². The van der Waals surface area contributed by atoms with E-state index in [1.165, 1.54) is 12.1 Å². The van der Waals surface area contributed by atoms with E-state index in [2.05, 4.69) is 15.3 Å². The van der Waals surface area contributed by atoms with Crippen molar-refractivity contribution in [3.63, 3.8) is 0 Å². The summed E-state index contributed by atoms with van der Waals surface area (Å²) in [6, 6.07) is 9.66. The van der Waals surface area contributed by atoms with Crippen LogP contribution >= 0.6 is 34.8 Å². The smallest absolute Gasteiger partial charge is 0.423 e. The zero-order valence-electron chi connectivity index (χ0n) is 20.2. The Bertz CT molecular complexity index is 1510. The standard InChI is InChI=1S/C25H20BCl3F3N3O4/c1-13-16(26(37)38)11-20(13)33-24(36)22-7-5-15(21-3-2-8-35(21)22)19(34-39-12-25(30,31)32)6-4-14-9-17(27)23(29)18(28)10-14/h2-3,5,7-11,37-38H,4,6,12H2,1H3,(H,33,36)/b34-19+. The quantitative estimate of drug-likeness (QED) is 0.126. The van der Waals surface area contributed by atoms with E-state index in [0.717, 1.165) is 0 Å². The van der Waals surface area contributed by atoms with Gasteiger partial charge in [-0.3, -0.25) is 4.79 Å². The number of hydrogen-bond donors (Lipinski definition) is 3. The number of rotatable bonds is 9. The molecule has 3 N–H and O–H groups in total. The molecule has 1 aliphatic carbocycles. The number of hydrogen-bond acceptors (Lipinski definition) is 5. The molecule has 4 rings (SSSR count). The molecule has 2 heterocycles. The third-order valence-corrected chi connectivity index (χ3v) is 7.19. The van der Waals surface area contributed by atoms with Gasteiger partial charge in [-0.15, -0.1) is 0 Å². The predicted octanol–water partition coefficient (Wildman–Crippen LogP) is 5.77. The molecule has 0 radical (unpaired) electrons. The van der Waals surface area contributed by atoms with Gasteiger partial charge in [0.15, 0.2) is 0 Å². The fourth-order valence-electron chi connectivity index (χ4n) is 4.03. The minimum atomic E-state index is -4.58. The lowest BCUT2D eigenvalue weighted by molar-refractivity contribution is -0.173. The van der Waals surface area contributed by atoms with Gasteiger partial charge in [-0.1, -0.05) is 40.0 Å². The van der Waals surface area contributed by atoms with Crippen LogP contribution in [0.5, 0.6) is 0 Å². The second-order valence-electron chi connectivity index (χ2n) is 8.66. The summed E-state index contributed by atoms with van der Waals surface area (Å²) >= 11 is 18.2. The summed E-state index contributed by atoms with van der Waals surface area (Å²) in [6.45, 7) is 0.0723. The highest BCUT2D eigenvalue weighted by atomic mass is 35.5. The van der Waals surface area contributed by atoms with Gasteiger partial charge in [-0.05, 0) is 78.8 Å². The molecule has 0 saturated carbocycles. The second-order valence-corrected chi connectivity index (χ2v) is 9.85. The van der Waals surface area contributed by atoms with Crippen molar-refractivity contribution in [2.45, 2.75) is 25.9 Å². The molecule has 14 heteroatoms. The molecule has 1 aliphatic rings. The van der Waals surface area contributed by atoms with E-state index >= 15 is 0 Å². The maximum atomic E-state index is 13.0. The van der Waals surface area contributed by atoms with Crippen molar-refractivity contribution in [3.05, 3.63) is 97.3 Å². The van der Waals surface area contributed by atoms with E-state index in [1.807, 2.05) is 0 Å². The topological polar surface area (TPSA) is 95.6 Å². The van der Waals surface area contributed by atoms with Crippen LogP contribution in [-0.2, 0) is 11.3 Å². The summed E-state index contributed by atoms with van der Waals surface area (Å²) < 4.78 is 39.8. The highest BCUT2D eigenvalue weighted by molar-refractivity contribution is 6.53. The molecule has 0 saturated heterocycles. The van der Waals surface area contributed by atoms with Gasteiger partial charge in [-0.25, -0.2) is 0 Å². The summed E-state index contributed by atoms with van der Waals surface area (Å²) in [7, 11) is -1.64. The minimum absolute atomic E-state index is 0.154. The monoisotopic (exact) mass is 599 g/mol. The van der Waals surface area contributed by atoms with E-state index in [0.29, 0.717) is 39.8 Å². The molecular formula is C25H20BCl3F3N3O4. The van der Waals surface area contributed by atoms with Crippen LogP contribution in [-0.4, -0.2) is 46.0 Å². The Morgan fingerprint density at radius 1 is 1.15 bits per heavy atom. The van der Waals surface area contributed by atoms with Gasteiger partial charge in [0.05, 0.1) is 26.3 Å². The Kier molecular flexibility index (Phi) is 8.67. The summed E-state index contributed by atoms with van der Waals surface area (Å²) in [5, 5.41) is 25.8. The molecule has 7 nitrogen and oxygen atoms in total. The third kappa shape index (κ3) is 6.62. The third-order valence-electron chi connectivity index (χ3n) is 6.00. The SMILES string of the molecule is CC1=C(B(O)O)C=C1NC(=O)c1ccc(/C(CCc2cc(Cl)c(Cl)c(Cl)c2)=N/OCC(F)(F)F)c2cccn12. The maximum Gasteiger partial charge on any atom is 0.488 e.